The fourth-order valence-electron chi connectivity index (χ4n) is 0.861. The summed E-state index contributed by atoms with van der Waals surface area (Å²) in [4.78, 5) is 0. The predicted molar refractivity (Wildman–Crippen MR) is 53.0 cm³/mol. The Bertz CT molecular complexity index is 224. The van der Waals surface area contributed by atoms with Crippen LogP contribution in [-0.2, 0) is 10.0 Å². The zero-order valence-corrected chi connectivity index (χ0v) is 9.34. The van der Waals surface area contributed by atoms with Gasteiger partial charge in [0.25, 0.3) is 0 Å². The van der Waals surface area contributed by atoms with Crippen molar-refractivity contribution in [1.82, 2.24) is 4.31 Å². The molecule has 0 aliphatic carbocycles. The largest absolute Gasteiger partial charge is 0.396 e. The molecule has 4 nitrogen and oxygen atoms in total. The van der Waals surface area contributed by atoms with Gasteiger partial charge in [-0.25, -0.2) is 12.7 Å². The van der Waals surface area contributed by atoms with E-state index >= 15 is 0 Å². The quantitative estimate of drug-likeness (QED) is 0.645. The first kappa shape index (κ1) is 12.9. The Balaban J connectivity index is 4.08. The van der Waals surface area contributed by atoms with Gasteiger partial charge in [0.05, 0.1) is 5.75 Å². The highest BCUT2D eigenvalue weighted by atomic mass is 32.2. The van der Waals surface area contributed by atoms with Gasteiger partial charge in [0.15, 0.2) is 0 Å². The molecule has 0 saturated heterocycles. The van der Waals surface area contributed by atoms with E-state index in [0.29, 0.717) is 12.8 Å². The van der Waals surface area contributed by atoms with E-state index in [2.05, 4.69) is 0 Å². The van der Waals surface area contributed by atoms with Crippen LogP contribution in [0.5, 0.6) is 0 Å². The topological polar surface area (TPSA) is 57.6 Å². The zero-order chi connectivity index (χ0) is 10.5. The van der Waals surface area contributed by atoms with Gasteiger partial charge < -0.3 is 5.11 Å². The van der Waals surface area contributed by atoms with Gasteiger partial charge in [0.2, 0.25) is 10.0 Å². The van der Waals surface area contributed by atoms with E-state index in [1.807, 2.05) is 13.8 Å². The van der Waals surface area contributed by atoms with Crippen LogP contribution in [0.4, 0.5) is 0 Å². The van der Waals surface area contributed by atoms with Crippen molar-refractivity contribution in [3.8, 4) is 0 Å². The van der Waals surface area contributed by atoms with Gasteiger partial charge in [-0.3, -0.25) is 0 Å². The second-order valence-corrected chi connectivity index (χ2v) is 5.50. The molecule has 0 bridgehead atoms. The van der Waals surface area contributed by atoms with Gasteiger partial charge in [0, 0.05) is 19.7 Å². The first-order chi connectivity index (χ1) is 5.91. The van der Waals surface area contributed by atoms with Crippen molar-refractivity contribution in [1.29, 1.82) is 0 Å². The summed E-state index contributed by atoms with van der Waals surface area (Å²) < 4.78 is 24.3. The average molecular weight is 209 g/mol. The van der Waals surface area contributed by atoms with Crippen LogP contribution in [0.25, 0.3) is 0 Å². The van der Waals surface area contributed by atoms with Crippen LogP contribution in [0.3, 0.4) is 0 Å². The standard InChI is InChI=1S/C8H19NO3S/c1-8(2)9(3)13(11,12)7-5-4-6-10/h8,10H,4-7H2,1-3H3. The fourth-order valence-corrected chi connectivity index (χ4v) is 2.36. The number of hydrogen-bond donors (Lipinski definition) is 1. The van der Waals surface area contributed by atoms with Gasteiger partial charge in [-0.2, -0.15) is 0 Å². The molecule has 0 atom stereocenters. The van der Waals surface area contributed by atoms with E-state index in [1.165, 1.54) is 4.31 Å². The Morgan fingerprint density at radius 1 is 1.31 bits per heavy atom. The molecule has 0 rings (SSSR count). The van der Waals surface area contributed by atoms with Crippen molar-refractivity contribution < 1.29 is 13.5 Å². The first-order valence-electron chi connectivity index (χ1n) is 4.48. The number of aliphatic hydroxyl groups is 1. The number of hydrogen-bond acceptors (Lipinski definition) is 3. The third kappa shape index (κ3) is 4.59. The number of unbranched alkanes of at least 4 members (excludes halogenated alkanes) is 1. The molecule has 0 saturated carbocycles. The van der Waals surface area contributed by atoms with Gasteiger partial charge in [0.1, 0.15) is 0 Å². The SMILES string of the molecule is CC(C)N(C)S(=O)(=O)CCCCO. The minimum atomic E-state index is -3.11. The maximum atomic E-state index is 11.5. The molecule has 1 N–H and O–H groups in total. The average Bonchev–Trinajstić information content (AvgIpc) is 2.03. The van der Waals surface area contributed by atoms with Gasteiger partial charge in [-0.1, -0.05) is 0 Å². The lowest BCUT2D eigenvalue weighted by atomic mass is 10.4. The summed E-state index contributed by atoms with van der Waals surface area (Å²) in [6.45, 7) is 3.73. The second-order valence-electron chi connectivity index (χ2n) is 3.36. The molecular weight excluding hydrogens is 190 g/mol. The molecule has 0 amide bonds. The lowest BCUT2D eigenvalue weighted by molar-refractivity contribution is 0.286. The molecule has 0 spiro atoms. The van der Waals surface area contributed by atoms with Crippen LogP contribution in [0.15, 0.2) is 0 Å². The van der Waals surface area contributed by atoms with Crippen molar-refractivity contribution in [3.63, 3.8) is 0 Å². The normalized spacial score (nSPS) is 12.8. The van der Waals surface area contributed by atoms with E-state index in [-0.39, 0.29) is 18.4 Å². The Labute approximate surface area is 80.6 Å². The minimum absolute atomic E-state index is 0.000809. The number of aliphatic hydroxyl groups excluding tert-OH is 1. The van der Waals surface area contributed by atoms with E-state index in [9.17, 15) is 8.42 Å². The summed E-state index contributed by atoms with van der Waals surface area (Å²) in [5.41, 5.74) is 0. The summed E-state index contributed by atoms with van der Waals surface area (Å²) in [5, 5.41) is 8.50. The lowest BCUT2D eigenvalue weighted by Crippen LogP contribution is -2.34. The zero-order valence-electron chi connectivity index (χ0n) is 8.52. The molecule has 0 heterocycles. The maximum Gasteiger partial charge on any atom is 0.214 e. The molecule has 5 heteroatoms. The first-order valence-corrected chi connectivity index (χ1v) is 6.09. The van der Waals surface area contributed by atoms with Gasteiger partial charge in [-0.15, -0.1) is 0 Å². The predicted octanol–water partition coefficient (Wildman–Crippen LogP) is 0.429. The molecule has 80 valence electrons. The van der Waals surface area contributed by atoms with E-state index in [4.69, 9.17) is 5.11 Å². The molecule has 0 aliphatic rings. The summed E-state index contributed by atoms with van der Waals surface area (Å²) in [6, 6.07) is -0.000809. The van der Waals surface area contributed by atoms with Crippen molar-refractivity contribution in [2.75, 3.05) is 19.4 Å². The van der Waals surface area contributed by atoms with Crippen LogP contribution in [0.2, 0.25) is 0 Å². The molecule has 0 fully saturated rings. The van der Waals surface area contributed by atoms with Crippen molar-refractivity contribution >= 4 is 10.0 Å². The number of nitrogens with zero attached hydrogens (tertiary/aromatic N) is 1. The third-order valence-electron chi connectivity index (χ3n) is 1.98. The van der Waals surface area contributed by atoms with Crippen LogP contribution < -0.4 is 0 Å². The van der Waals surface area contributed by atoms with Gasteiger partial charge in [-0.05, 0) is 26.7 Å². The molecule has 0 radical (unpaired) electrons. The van der Waals surface area contributed by atoms with E-state index in [0.717, 1.165) is 0 Å². The summed E-state index contributed by atoms with van der Waals surface area (Å²) in [5.74, 6) is 0.127. The Kier molecular flexibility index (Phi) is 5.51. The number of sulfonamides is 1. The van der Waals surface area contributed by atoms with Crippen LogP contribution in [0, 0.1) is 0 Å². The van der Waals surface area contributed by atoms with Crippen LogP contribution in [-0.4, -0.2) is 43.3 Å². The summed E-state index contributed by atoms with van der Waals surface area (Å²) in [7, 11) is -1.53. The Morgan fingerprint density at radius 2 is 1.85 bits per heavy atom. The maximum absolute atomic E-state index is 11.5. The van der Waals surface area contributed by atoms with E-state index in [1.54, 1.807) is 7.05 Å². The monoisotopic (exact) mass is 209 g/mol. The van der Waals surface area contributed by atoms with Crippen molar-refractivity contribution in [2.24, 2.45) is 0 Å². The molecule has 0 aliphatic heterocycles. The van der Waals surface area contributed by atoms with Crippen LogP contribution in [0.1, 0.15) is 26.7 Å². The van der Waals surface area contributed by atoms with Crippen LogP contribution >= 0.6 is 0 Å². The van der Waals surface area contributed by atoms with Gasteiger partial charge >= 0.3 is 0 Å². The second kappa shape index (κ2) is 5.57. The highest BCUT2D eigenvalue weighted by Crippen LogP contribution is 2.06. The molecule has 0 aromatic carbocycles. The molecule has 0 aromatic rings. The Morgan fingerprint density at radius 3 is 2.23 bits per heavy atom. The third-order valence-corrected chi connectivity index (χ3v) is 4.08. The molecule has 0 aromatic heterocycles. The molecular formula is C8H19NO3S. The summed E-state index contributed by atoms with van der Waals surface area (Å²) >= 11 is 0. The highest BCUT2D eigenvalue weighted by molar-refractivity contribution is 7.89. The molecule has 13 heavy (non-hydrogen) atoms. The fraction of sp³-hybridized carbons (Fsp3) is 1.00. The van der Waals surface area contributed by atoms with E-state index < -0.39 is 10.0 Å². The highest BCUT2D eigenvalue weighted by Gasteiger charge is 2.19. The molecule has 0 unspecified atom stereocenters. The number of rotatable bonds is 6. The van der Waals surface area contributed by atoms with Crippen molar-refractivity contribution in [3.05, 3.63) is 0 Å². The van der Waals surface area contributed by atoms with Crippen molar-refractivity contribution in [2.45, 2.75) is 32.7 Å². The lowest BCUT2D eigenvalue weighted by Gasteiger charge is -2.20. The summed E-state index contributed by atoms with van der Waals surface area (Å²) in [6.07, 6.45) is 1.07. The Hall–Kier alpha value is -0.130. The minimum Gasteiger partial charge on any atom is -0.396 e. The smallest absolute Gasteiger partial charge is 0.214 e.